The summed E-state index contributed by atoms with van der Waals surface area (Å²) >= 11 is 5.55. The predicted octanol–water partition coefficient (Wildman–Crippen LogP) is 3.83. The zero-order chi connectivity index (χ0) is 15.2. The standard InChI is InChI=1S/C15H12BrIN2O2/c1-21-14-6-5-11(16)8-13(14)15(20)19-18-9-10-3-2-4-12(17)7-10/h2-9H,1H3,(H,19,20)/b18-9-. The van der Waals surface area contributed by atoms with Gasteiger partial charge in [0.05, 0.1) is 18.9 Å². The van der Waals surface area contributed by atoms with E-state index in [0.29, 0.717) is 11.3 Å². The fraction of sp³-hybridized carbons (Fsp3) is 0.0667. The number of amides is 1. The summed E-state index contributed by atoms with van der Waals surface area (Å²) in [5.41, 5.74) is 3.84. The molecule has 2 rings (SSSR count). The van der Waals surface area contributed by atoms with E-state index in [-0.39, 0.29) is 5.91 Å². The third-order valence-electron chi connectivity index (χ3n) is 2.63. The number of ether oxygens (including phenoxy) is 1. The molecule has 6 heteroatoms. The minimum Gasteiger partial charge on any atom is -0.496 e. The van der Waals surface area contributed by atoms with E-state index in [4.69, 9.17) is 4.74 Å². The number of methoxy groups -OCH3 is 1. The van der Waals surface area contributed by atoms with Crippen LogP contribution >= 0.6 is 38.5 Å². The molecule has 0 heterocycles. The van der Waals surface area contributed by atoms with Gasteiger partial charge >= 0.3 is 0 Å². The molecule has 0 saturated carbocycles. The zero-order valence-corrected chi connectivity index (χ0v) is 14.9. The van der Waals surface area contributed by atoms with Crippen molar-refractivity contribution in [3.63, 3.8) is 0 Å². The summed E-state index contributed by atoms with van der Waals surface area (Å²) in [7, 11) is 1.52. The molecule has 2 aromatic rings. The van der Waals surface area contributed by atoms with E-state index in [1.54, 1.807) is 18.3 Å². The smallest absolute Gasteiger partial charge is 0.275 e. The lowest BCUT2D eigenvalue weighted by atomic mass is 10.2. The van der Waals surface area contributed by atoms with Crippen LogP contribution in [0.3, 0.4) is 0 Å². The van der Waals surface area contributed by atoms with Crippen LogP contribution in [0.15, 0.2) is 52.0 Å². The molecule has 4 nitrogen and oxygen atoms in total. The Balaban J connectivity index is 2.10. The second-order valence-electron chi connectivity index (χ2n) is 4.10. The molecule has 2 aromatic carbocycles. The number of nitrogens with zero attached hydrogens (tertiary/aromatic N) is 1. The number of benzene rings is 2. The highest BCUT2D eigenvalue weighted by Gasteiger charge is 2.11. The Kier molecular flexibility index (Phi) is 5.75. The average Bonchev–Trinajstić information content (AvgIpc) is 2.47. The van der Waals surface area contributed by atoms with Crippen molar-refractivity contribution in [2.75, 3.05) is 7.11 Å². The Bertz CT molecular complexity index is 689. The normalized spacial score (nSPS) is 10.6. The van der Waals surface area contributed by atoms with Gasteiger partial charge in [-0.15, -0.1) is 0 Å². The van der Waals surface area contributed by atoms with Gasteiger partial charge in [0.1, 0.15) is 5.75 Å². The SMILES string of the molecule is COc1ccc(Br)cc1C(=O)N/N=C\c1cccc(I)c1. The number of hydrazone groups is 1. The number of carbonyl (C=O) groups excluding carboxylic acids is 1. The minimum atomic E-state index is -0.324. The van der Waals surface area contributed by atoms with Gasteiger partial charge in [0.15, 0.2) is 0 Å². The monoisotopic (exact) mass is 458 g/mol. The summed E-state index contributed by atoms with van der Waals surface area (Å²) in [6.07, 6.45) is 1.60. The molecule has 0 aliphatic carbocycles. The van der Waals surface area contributed by atoms with Crippen LogP contribution in [-0.2, 0) is 0 Å². The van der Waals surface area contributed by atoms with Crippen molar-refractivity contribution in [3.8, 4) is 5.75 Å². The molecule has 0 saturated heterocycles. The van der Waals surface area contributed by atoms with Gasteiger partial charge in [-0.1, -0.05) is 28.1 Å². The molecule has 0 aliphatic heterocycles. The second kappa shape index (κ2) is 7.56. The first kappa shape index (κ1) is 16.0. The number of nitrogens with one attached hydrogen (secondary N) is 1. The molecule has 108 valence electrons. The maximum absolute atomic E-state index is 12.1. The van der Waals surface area contributed by atoms with Crippen molar-refractivity contribution in [2.24, 2.45) is 5.10 Å². The van der Waals surface area contributed by atoms with E-state index >= 15 is 0 Å². The van der Waals surface area contributed by atoms with Crippen LogP contribution < -0.4 is 10.2 Å². The highest BCUT2D eigenvalue weighted by Crippen LogP contribution is 2.22. The maximum atomic E-state index is 12.1. The first-order valence-corrected chi connectivity index (χ1v) is 7.90. The number of carbonyl (C=O) groups is 1. The van der Waals surface area contributed by atoms with E-state index in [0.717, 1.165) is 13.6 Å². The zero-order valence-electron chi connectivity index (χ0n) is 11.1. The Labute approximate surface area is 144 Å². The highest BCUT2D eigenvalue weighted by atomic mass is 127. The molecule has 21 heavy (non-hydrogen) atoms. The van der Waals surface area contributed by atoms with Crippen molar-refractivity contribution >= 4 is 50.6 Å². The van der Waals surface area contributed by atoms with Gasteiger partial charge < -0.3 is 4.74 Å². The van der Waals surface area contributed by atoms with Gasteiger partial charge in [-0.05, 0) is 58.5 Å². The molecule has 1 N–H and O–H groups in total. The molecule has 0 atom stereocenters. The Morgan fingerprint density at radius 3 is 2.86 bits per heavy atom. The molecular formula is C15H12BrIN2O2. The fourth-order valence-electron chi connectivity index (χ4n) is 1.67. The van der Waals surface area contributed by atoms with E-state index in [1.807, 2.05) is 30.3 Å². The first-order valence-electron chi connectivity index (χ1n) is 6.02. The fourth-order valence-corrected chi connectivity index (χ4v) is 2.60. The summed E-state index contributed by atoms with van der Waals surface area (Å²) in [4.78, 5) is 12.1. The number of halogens is 2. The van der Waals surface area contributed by atoms with Gasteiger partial charge in [0.2, 0.25) is 0 Å². The van der Waals surface area contributed by atoms with E-state index in [2.05, 4.69) is 49.0 Å². The van der Waals surface area contributed by atoms with Crippen molar-refractivity contribution in [3.05, 3.63) is 61.6 Å². The maximum Gasteiger partial charge on any atom is 0.275 e. The van der Waals surface area contributed by atoms with Crippen LogP contribution in [0.5, 0.6) is 5.75 Å². The van der Waals surface area contributed by atoms with Crippen molar-refractivity contribution in [1.29, 1.82) is 0 Å². The Morgan fingerprint density at radius 2 is 2.14 bits per heavy atom. The molecule has 0 radical (unpaired) electrons. The van der Waals surface area contributed by atoms with Crippen molar-refractivity contribution < 1.29 is 9.53 Å². The summed E-state index contributed by atoms with van der Waals surface area (Å²) in [6, 6.07) is 13.0. The topological polar surface area (TPSA) is 50.7 Å². The first-order chi connectivity index (χ1) is 10.1. The van der Waals surface area contributed by atoms with Crippen LogP contribution in [0.25, 0.3) is 0 Å². The molecule has 0 fully saturated rings. The van der Waals surface area contributed by atoms with Crippen molar-refractivity contribution in [1.82, 2.24) is 5.43 Å². The van der Waals surface area contributed by atoms with Crippen LogP contribution in [0.4, 0.5) is 0 Å². The Morgan fingerprint density at radius 1 is 1.33 bits per heavy atom. The van der Waals surface area contributed by atoms with Gasteiger partial charge in [-0.3, -0.25) is 4.79 Å². The molecule has 0 unspecified atom stereocenters. The number of hydrogen-bond donors (Lipinski definition) is 1. The van der Waals surface area contributed by atoms with Crippen LogP contribution in [-0.4, -0.2) is 19.2 Å². The molecule has 0 spiro atoms. The van der Waals surface area contributed by atoms with Crippen LogP contribution in [0.1, 0.15) is 15.9 Å². The lowest BCUT2D eigenvalue weighted by Gasteiger charge is -2.07. The quantitative estimate of drug-likeness (QED) is 0.430. The summed E-state index contributed by atoms with van der Waals surface area (Å²) in [5, 5.41) is 3.97. The van der Waals surface area contributed by atoms with Crippen LogP contribution in [0.2, 0.25) is 0 Å². The molecule has 0 aliphatic rings. The van der Waals surface area contributed by atoms with Crippen molar-refractivity contribution in [2.45, 2.75) is 0 Å². The second-order valence-corrected chi connectivity index (χ2v) is 6.26. The van der Waals surface area contributed by atoms with Gasteiger partial charge in [-0.2, -0.15) is 5.10 Å². The minimum absolute atomic E-state index is 0.324. The lowest BCUT2D eigenvalue weighted by molar-refractivity contribution is 0.0952. The predicted molar refractivity (Wildman–Crippen MR) is 94.9 cm³/mol. The number of rotatable bonds is 4. The van der Waals surface area contributed by atoms with Gasteiger partial charge in [0.25, 0.3) is 5.91 Å². The molecular weight excluding hydrogens is 447 g/mol. The van der Waals surface area contributed by atoms with E-state index in [1.165, 1.54) is 7.11 Å². The van der Waals surface area contributed by atoms with Gasteiger partial charge in [-0.25, -0.2) is 5.43 Å². The van der Waals surface area contributed by atoms with E-state index < -0.39 is 0 Å². The van der Waals surface area contributed by atoms with Crippen LogP contribution in [0, 0.1) is 3.57 Å². The Hall–Kier alpha value is -1.41. The molecule has 0 bridgehead atoms. The highest BCUT2D eigenvalue weighted by molar-refractivity contribution is 14.1. The van der Waals surface area contributed by atoms with Gasteiger partial charge in [0, 0.05) is 8.04 Å². The van der Waals surface area contributed by atoms with E-state index in [9.17, 15) is 4.79 Å². The average molecular weight is 459 g/mol. The lowest BCUT2D eigenvalue weighted by Crippen LogP contribution is -2.18. The largest absolute Gasteiger partial charge is 0.496 e. The number of hydrogen-bond acceptors (Lipinski definition) is 3. The summed E-state index contributed by atoms with van der Waals surface area (Å²) < 4.78 is 7.08. The third-order valence-corrected chi connectivity index (χ3v) is 3.80. The summed E-state index contributed by atoms with van der Waals surface area (Å²) in [6.45, 7) is 0. The summed E-state index contributed by atoms with van der Waals surface area (Å²) in [5.74, 6) is 0.176. The molecule has 0 aromatic heterocycles. The third kappa shape index (κ3) is 4.53. The molecule has 1 amide bonds.